The van der Waals surface area contributed by atoms with Crippen LogP contribution < -0.4 is 5.48 Å². The van der Waals surface area contributed by atoms with Gasteiger partial charge in [-0.1, -0.05) is 6.07 Å². The Morgan fingerprint density at radius 2 is 1.84 bits per heavy atom. The first-order valence-electron chi connectivity index (χ1n) is 5.76. The summed E-state index contributed by atoms with van der Waals surface area (Å²) >= 11 is 0. The summed E-state index contributed by atoms with van der Waals surface area (Å²) in [6.07, 6.45) is 0. The molecule has 0 aliphatic heterocycles. The summed E-state index contributed by atoms with van der Waals surface area (Å²) in [5, 5.41) is 8.62. The molecule has 0 saturated heterocycles. The van der Waals surface area contributed by atoms with E-state index >= 15 is 0 Å². The van der Waals surface area contributed by atoms with Crippen LogP contribution in [-0.4, -0.2) is 16.1 Å². The summed E-state index contributed by atoms with van der Waals surface area (Å²) in [6, 6.07) is 10.6. The van der Waals surface area contributed by atoms with Crippen LogP contribution in [0.3, 0.4) is 0 Å². The number of aryl methyl sites for hydroxylation is 1. The van der Waals surface area contributed by atoms with Gasteiger partial charge in [-0.3, -0.25) is 10.0 Å². The third-order valence-corrected chi connectivity index (χ3v) is 2.90. The number of nitrogens with zero attached hydrogens (tertiary/aromatic N) is 1. The van der Waals surface area contributed by atoms with Crippen LogP contribution in [0.1, 0.15) is 15.9 Å². The fourth-order valence-corrected chi connectivity index (χ4v) is 1.94. The molecule has 0 radical (unpaired) electrons. The molecule has 1 aromatic heterocycles. The van der Waals surface area contributed by atoms with Gasteiger partial charge in [-0.2, -0.15) is 0 Å². The van der Waals surface area contributed by atoms with E-state index in [1.165, 1.54) is 0 Å². The molecule has 3 aromatic rings. The molecule has 0 saturated carbocycles. The number of hydrogen-bond acceptors (Lipinski definition) is 3. The molecule has 19 heavy (non-hydrogen) atoms. The van der Waals surface area contributed by atoms with E-state index in [9.17, 15) is 4.79 Å². The number of fused-ring (bicyclic) bond motifs is 2. The summed E-state index contributed by atoms with van der Waals surface area (Å²) in [5.41, 5.74) is 5.55. The van der Waals surface area contributed by atoms with Crippen molar-refractivity contribution >= 4 is 28.1 Å². The highest BCUT2D eigenvalue weighted by Crippen LogP contribution is 2.21. The van der Waals surface area contributed by atoms with Crippen molar-refractivity contribution in [2.45, 2.75) is 6.92 Å². The van der Waals surface area contributed by atoms with Crippen LogP contribution in [0, 0.1) is 6.92 Å². The quantitative estimate of drug-likeness (QED) is 0.303. The van der Waals surface area contributed by atoms with Gasteiger partial charge in [-0.25, -0.2) is 14.9 Å². The topological polar surface area (TPSA) is 73.5 Å². The van der Waals surface area contributed by atoms with Crippen LogP contribution in [0.2, 0.25) is 0 Å². The molecule has 0 aliphatic carbocycles. The first kappa shape index (κ1) is 11.6. The van der Waals surface area contributed by atoms with Crippen LogP contribution in [-0.2, 0) is 0 Å². The van der Waals surface area contributed by atoms with Crippen molar-refractivity contribution in [2.75, 3.05) is 0 Å². The Morgan fingerprint density at radius 3 is 2.58 bits per heavy atom. The van der Waals surface area contributed by atoms with E-state index in [2.05, 4.69) is 4.98 Å². The lowest BCUT2D eigenvalue weighted by Gasteiger charge is -1.97. The second kappa shape index (κ2) is 4.29. The van der Waals surface area contributed by atoms with Gasteiger partial charge in [0.1, 0.15) is 0 Å². The van der Waals surface area contributed by atoms with E-state index < -0.39 is 5.91 Å². The predicted molar refractivity (Wildman–Crippen MR) is 69.9 cm³/mol. The van der Waals surface area contributed by atoms with Crippen molar-refractivity contribution in [3.05, 3.63) is 47.5 Å². The number of amides is 1. The Balaban J connectivity index is 2.27. The lowest BCUT2D eigenvalue weighted by Crippen LogP contribution is -2.18. The number of hydroxylamine groups is 1. The molecule has 3 rings (SSSR count). The molecular formula is C14H11N2O3+. The largest absolute Gasteiger partial charge is 0.379 e. The first-order chi connectivity index (χ1) is 9.17. The number of nitrogens with one attached hydrogen (secondary N) is 1. The minimum Gasteiger partial charge on any atom is -0.288 e. The summed E-state index contributed by atoms with van der Waals surface area (Å²) in [5.74, 6) is -0.582. The molecule has 2 aromatic carbocycles. The predicted octanol–water partition coefficient (Wildman–Crippen LogP) is 2.69. The molecule has 0 fully saturated rings. The number of aromatic nitrogens is 1. The number of carbonyl (C=O) groups excluding carboxylic acids is 1. The molecule has 0 unspecified atom stereocenters. The molecule has 2 N–H and O–H groups in total. The van der Waals surface area contributed by atoms with Gasteiger partial charge in [0.2, 0.25) is 0 Å². The molecule has 0 bridgehead atoms. The van der Waals surface area contributed by atoms with Crippen LogP contribution in [0.5, 0.6) is 0 Å². The average molecular weight is 255 g/mol. The molecule has 1 amide bonds. The van der Waals surface area contributed by atoms with E-state index in [4.69, 9.17) is 9.62 Å². The molecule has 1 heterocycles. The van der Waals surface area contributed by atoms with Crippen LogP contribution in [0.25, 0.3) is 22.2 Å². The van der Waals surface area contributed by atoms with Crippen LogP contribution in [0.4, 0.5) is 0 Å². The monoisotopic (exact) mass is 255 g/mol. The zero-order valence-corrected chi connectivity index (χ0v) is 10.2. The zero-order chi connectivity index (χ0) is 13.4. The normalized spacial score (nSPS) is 10.8. The molecule has 0 atom stereocenters. The minimum absolute atomic E-state index is 0.313. The Labute approximate surface area is 108 Å². The van der Waals surface area contributed by atoms with Gasteiger partial charge < -0.3 is 0 Å². The molecular weight excluding hydrogens is 244 g/mol. The smallest absolute Gasteiger partial charge is 0.288 e. The van der Waals surface area contributed by atoms with E-state index in [0.29, 0.717) is 22.2 Å². The summed E-state index contributed by atoms with van der Waals surface area (Å²) in [7, 11) is 0. The van der Waals surface area contributed by atoms with E-state index in [1.807, 2.05) is 25.1 Å². The van der Waals surface area contributed by atoms with Crippen LogP contribution >= 0.6 is 0 Å². The van der Waals surface area contributed by atoms with Crippen molar-refractivity contribution in [1.29, 1.82) is 0 Å². The molecule has 5 nitrogen and oxygen atoms in total. The summed E-state index contributed by atoms with van der Waals surface area (Å²) in [6.45, 7) is 1.97. The molecule has 0 aliphatic rings. The standard InChI is InChI=1S/C14H10N2O3/c1-8-2-4-10-12(6-8)19-13-7-9(14(17)16-18)3-5-11(13)15-10/h2-7H,1H3,(H-,16,17,18)/p+1. The fourth-order valence-electron chi connectivity index (χ4n) is 1.94. The van der Waals surface area contributed by atoms with Crippen molar-refractivity contribution < 1.29 is 14.4 Å². The fraction of sp³-hybridized carbons (Fsp3) is 0.0714. The van der Waals surface area contributed by atoms with Crippen molar-refractivity contribution in [3.63, 3.8) is 0 Å². The van der Waals surface area contributed by atoms with Crippen LogP contribution in [0.15, 0.2) is 40.8 Å². The third-order valence-electron chi connectivity index (χ3n) is 2.90. The number of hydrogen-bond donors (Lipinski definition) is 2. The van der Waals surface area contributed by atoms with E-state index in [1.54, 1.807) is 23.7 Å². The van der Waals surface area contributed by atoms with Gasteiger partial charge in [-0.05, 0) is 30.7 Å². The lowest BCUT2D eigenvalue weighted by atomic mass is 10.2. The first-order valence-corrected chi connectivity index (χ1v) is 5.76. The van der Waals surface area contributed by atoms with E-state index in [-0.39, 0.29) is 0 Å². The zero-order valence-electron chi connectivity index (χ0n) is 10.2. The average Bonchev–Trinajstić information content (AvgIpc) is 2.43. The second-order valence-corrected chi connectivity index (χ2v) is 4.31. The Kier molecular flexibility index (Phi) is 2.61. The summed E-state index contributed by atoms with van der Waals surface area (Å²) < 4.78 is 5.74. The van der Waals surface area contributed by atoms with Gasteiger partial charge >= 0.3 is 11.2 Å². The third kappa shape index (κ3) is 2.00. The van der Waals surface area contributed by atoms with Gasteiger partial charge in [0.25, 0.3) is 5.91 Å². The lowest BCUT2D eigenvalue weighted by molar-refractivity contribution is 0.0706. The Morgan fingerprint density at radius 1 is 1.16 bits per heavy atom. The number of benzene rings is 2. The highest BCUT2D eigenvalue weighted by molar-refractivity contribution is 5.96. The maximum Gasteiger partial charge on any atom is 0.379 e. The molecule has 0 spiro atoms. The van der Waals surface area contributed by atoms with Crippen molar-refractivity contribution in [3.8, 4) is 0 Å². The second-order valence-electron chi connectivity index (χ2n) is 4.31. The summed E-state index contributed by atoms with van der Waals surface area (Å²) in [4.78, 5) is 15.8. The maximum atomic E-state index is 11.4. The highest BCUT2D eigenvalue weighted by atomic mass is 16.5. The number of carbonyl (C=O) groups is 1. The Hall–Kier alpha value is -2.53. The maximum absolute atomic E-state index is 11.4. The van der Waals surface area contributed by atoms with Gasteiger partial charge in [0, 0.05) is 6.07 Å². The van der Waals surface area contributed by atoms with Crippen molar-refractivity contribution in [1.82, 2.24) is 10.5 Å². The minimum atomic E-state index is -0.582. The van der Waals surface area contributed by atoms with Gasteiger partial charge in [0.05, 0.1) is 11.6 Å². The molecule has 5 heteroatoms. The van der Waals surface area contributed by atoms with E-state index in [0.717, 1.165) is 11.1 Å². The molecule has 94 valence electrons. The number of rotatable bonds is 1. The van der Waals surface area contributed by atoms with Gasteiger partial charge in [0.15, 0.2) is 11.0 Å². The van der Waals surface area contributed by atoms with Crippen molar-refractivity contribution in [2.24, 2.45) is 0 Å². The SMILES string of the molecule is Cc1ccc2nc3ccc(C(=O)NO)cc3[o+]c2c1. The van der Waals surface area contributed by atoms with Gasteiger partial charge in [-0.15, -0.1) is 0 Å². The Bertz CT molecular complexity index is 799. The highest BCUT2D eigenvalue weighted by Gasteiger charge is 2.16.